The molecule has 0 saturated carbocycles. The molecule has 1 aromatic heterocycles. The number of rotatable bonds is 3. The van der Waals surface area contributed by atoms with Crippen molar-refractivity contribution >= 4 is 72.3 Å². The molecule has 0 radical (unpaired) electrons. The van der Waals surface area contributed by atoms with Crippen LogP contribution in [0.25, 0.3) is 10.9 Å². The van der Waals surface area contributed by atoms with Gasteiger partial charge in [0.25, 0.3) is 20.2 Å². The zero-order valence-corrected chi connectivity index (χ0v) is 15.9. The fourth-order valence-corrected chi connectivity index (χ4v) is 5.67. The van der Waals surface area contributed by atoms with E-state index < -0.39 is 53.2 Å². The zero-order valence-electron chi connectivity index (χ0n) is 14.3. The first-order valence-electron chi connectivity index (χ1n) is 8.07. The number of Topliss-reactive ketones (excluding diaryl/α,β-unsaturated/α-hetero) is 2. The van der Waals surface area contributed by atoms with E-state index in [4.69, 9.17) is 0 Å². The SMILES string of the molecule is O=C1c2ccccc2C(=O)C1c1nc2ccccc2c(S(=O)(=O)O)c1S(=O)(=O)O.[NaH]. The molecule has 0 spiro atoms. The number of nitrogens with zero attached hydrogens (tertiary/aromatic N) is 1. The Labute approximate surface area is 192 Å². The van der Waals surface area contributed by atoms with Crippen LogP contribution < -0.4 is 0 Å². The molecule has 0 unspecified atom stereocenters. The van der Waals surface area contributed by atoms with Gasteiger partial charge in [0.2, 0.25) is 0 Å². The van der Waals surface area contributed by atoms with Gasteiger partial charge in [0, 0.05) is 16.5 Å². The maximum atomic E-state index is 12.8. The molecule has 0 fully saturated rings. The molecule has 9 nitrogen and oxygen atoms in total. The van der Waals surface area contributed by atoms with Crippen molar-refractivity contribution in [3.05, 3.63) is 65.4 Å². The van der Waals surface area contributed by atoms with Crippen molar-refractivity contribution in [3.63, 3.8) is 0 Å². The molecule has 0 amide bonds. The summed E-state index contributed by atoms with van der Waals surface area (Å²) in [5.41, 5.74) is -0.802. The van der Waals surface area contributed by atoms with Gasteiger partial charge >= 0.3 is 29.6 Å². The molecule has 1 aliphatic rings. The molecular formula is C18H12NNaO8S2. The fraction of sp³-hybridized carbons (Fsp3) is 0.0556. The molecule has 4 rings (SSSR count). The molecule has 0 aliphatic heterocycles. The Kier molecular flexibility index (Phi) is 5.75. The van der Waals surface area contributed by atoms with Crippen LogP contribution in [0.5, 0.6) is 0 Å². The minimum atomic E-state index is -5.32. The molecule has 1 heterocycles. The number of carbonyl (C=O) groups excluding carboxylic acids is 2. The van der Waals surface area contributed by atoms with Gasteiger partial charge < -0.3 is 0 Å². The van der Waals surface area contributed by atoms with E-state index >= 15 is 0 Å². The van der Waals surface area contributed by atoms with Crippen molar-refractivity contribution < 1.29 is 35.5 Å². The Bertz CT molecular complexity index is 1410. The third-order valence-corrected chi connectivity index (χ3v) is 6.60. The van der Waals surface area contributed by atoms with E-state index in [-0.39, 0.29) is 51.6 Å². The standard InChI is InChI=1S/C18H11NO8S2.Na.H/c20-15-9-5-1-2-6-10(9)16(21)13(15)14-18(29(25,26)27)17(28(22,23)24)11-7-3-4-8-12(11)19-14;;/h1-8,13H,(H,22,23,24)(H,25,26,27);;. The van der Waals surface area contributed by atoms with E-state index in [1.165, 1.54) is 48.5 Å². The number of aromatic nitrogens is 1. The number of hydrogen-bond donors (Lipinski definition) is 2. The minimum absolute atomic E-state index is 0. The van der Waals surface area contributed by atoms with Gasteiger partial charge in [-0.25, -0.2) is 0 Å². The van der Waals surface area contributed by atoms with Gasteiger partial charge in [-0.1, -0.05) is 42.5 Å². The summed E-state index contributed by atoms with van der Waals surface area (Å²) in [5, 5.41) is -0.290. The first kappa shape index (κ1) is 22.7. The Morgan fingerprint density at radius 3 is 1.70 bits per heavy atom. The van der Waals surface area contributed by atoms with Gasteiger partial charge in [-0.05, 0) is 6.07 Å². The zero-order chi connectivity index (χ0) is 21.1. The predicted octanol–water partition coefficient (Wildman–Crippen LogP) is 1.24. The summed E-state index contributed by atoms with van der Waals surface area (Å²) >= 11 is 0. The van der Waals surface area contributed by atoms with E-state index in [0.29, 0.717) is 0 Å². The summed E-state index contributed by atoms with van der Waals surface area (Å²) in [5.74, 6) is -3.37. The van der Waals surface area contributed by atoms with Crippen LogP contribution in [-0.2, 0) is 20.2 Å². The van der Waals surface area contributed by atoms with Crippen LogP contribution in [-0.4, -0.2) is 72.0 Å². The van der Waals surface area contributed by atoms with Crippen LogP contribution in [0, 0.1) is 0 Å². The second-order valence-corrected chi connectivity index (χ2v) is 9.05. The number of ketones is 2. The van der Waals surface area contributed by atoms with Crippen LogP contribution in [0.4, 0.5) is 0 Å². The van der Waals surface area contributed by atoms with E-state index in [1.807, 2.05) is 0 Å². The van der Waals surface area contributed by atoms with Gasteiger partial charge in [0.15, 0.2) is 11.6 Å². The number of pyridine rings is 1. The average molecular weight is 457 g/mol. The number of benzene rings is 2. The molecule has 1 aliphatic carbocycles. The van der Waals surface area contributed by atoms with Crippen molar-refractivity contribution in [2.24, 2.45) is 0 Å². The van der Waals surface area contributed by atoms with E-state index in [0.717, 1.165) is 0 Å². The number of para-hydroxylation sites is 1. The van der Waals surface area contributed by atoms with Gasteiger partial charge in [0.1, 0.15) is 15.7 Å². The monoisotopic (exact) mass is 457 g/mol. The van der Waals surface area contributed by atoms with Crippen molar-refractivity contribution in [1.82, 2.24) is 4.98 Å². The van der Waals surface area contributed by atoms with Gasteiger partial charge in [-0.15, -0.1) is 0 Å². The average Bonchev–Trinajstić information content (AvgIpc) is 2.89. The molecule has 0 atom stereocenters. The fourth-order valence-electron chi connectivity index (χ4n) is 3.47. The summed E-state index contributed by atoms with van der Waals surface area (Å²) in [6.07, 6.45) is 0. The summed E-state index contributed by atoms with van der Waals surface area (Å²) in [6, 6.07) is 11.1. The van der Waals surface area contributed by atoms with Gasteiger partial charge in [-0.3, -0.25) is 23.7 Å². The number of fused-ring (bicyclic) bond motifs is 2. The molecule has 30 heavy (non-hydrogen) atoms. The summed E-state index contributed by atoms with van der Waals surface area (Å²) in [7, 11) is -10.5. The Morgan fingerprint density at radius 2 is 1.20 bits per heavy atom. The molecule has 2 N–H and O–H groups in total. The maximum absolute atomic E-state index is 12.8. The molecule has 3 aromatic rings. The van der Waals surface area contributed by atoms with Crippen molar-refractivity contribution in [2.75, 3.05) is 0 Å². The Balaban J connectivity index is 0.00000256. The molecule has 2 aromatic carbocycles. The molecule has 0 saturated heterocycles. The Morgan fingerprint density at radius 1 is 0.733 bits per heavy atom. The summed E-state index contributed by atoms with van der Waals surface area (Å²) in [6.45, 7) is 0. The second-order valence-electron chi connectivity index (χ2n) is 6.33. The van der Waals surface area contributed by atoms with Crippen LogP contribution in [0.2, 0.25) is 0 Å². The topological polar surface area (TPSA) is 156 Å². The van der Waals surface area contributed by atoms with Gasteiger partial charge in [0.05, 0.1) is 11.2 Å². The van der Waals surface area contributed by atoms with Gasteiger partial charge in [-0.2, -0.15) is 16.8 Å². The second kappa shape index (κ2) is 7.61. The van der Waals surface area contributed by atoms with E-state index in [9.17, 15) is 35.5 Å². The molecule has 12 heteroatoms. The first-order chi connectivity index (χ1) is 13.5. The number of carbonyl (C=O) groups is 2. The molecule has 150 valence electrons. The van der Waals surface area contributed by atoms with Crippen LogP contribution in [0.1, 0.15) is 32.3 Å². The molecular weight excluding hydrogens is 445 g/mol. The van der Waals surface area contributed by atoms with Crippen molar-refractivity contribution in [3.8, 4) is 0 Å². The quantitative estimate of drug-likeness (QED) is 0.336. The van der Waals surface area contributed by atoms with Crippen LogP contribution >= 0.6 is 0 Å². The van der Waals surface area contributed by atoms with Crippen LogP contribution in [0.15, 0.2) is 58.3 Å². The third-order valence-electron chi connectivity index (χ3n) is 4.60. The van der Waals surface area contributed by atoms with E-state index in [1.54, 1.807) is 0 Å². The normalized spacial score (nSPS) is 14.6. The summed E-state index contributed by atoms with van der Waals surface area (Å²) < 4.78 is 67.8. The third kappa shape index (κ3) is 3.52. The number of hydrogen-bond acceptors (Lipinski definition) is 7. The van der Waals surface area contributed by atoms with Crippen molar-refractivity contribution in [1.29, 1.82) is 0 Å². The van der Waals surface area contributed by atoms with E-state index in [2.05, 4.69) is 4.98 Å². The molecule has 0 bridgehead atoms. The summed E-state index contributed by atoms with van der Waals surface area (Å²) in [4.78, 5) is 27.3. The first-order valence-corrected chi connectivity index (χ1v) is 10.9. The Hall–Kier alpha value is -1.99. The van der Waals surface area contributed by atoms with Crippen LogP contribution in [0.3, 0.4) is 0 Å². The van der Waals surface area contributed by atoms with Crippen molar-refractivity contribution in [2.45, 2.75) is 15.7 Å². The predicted molar refractivity (Wildman–Crippen MR) is 106 cm³/mol.